The number of nitrogens with one attached hydrogen (secondary N) is 3. The van der Waals surface area contributed by atoms with E-state index < -0.39 is 9.85 Å². The molecule has 4 aliphatic heterocycles. The first-order chi connectivity index (χ1) is 41.9. The maximum atomic E-state index is 10.6. The number of nitrogens with zero attached hydrogens (tertiary/aromatic N) is 10. The van der Waals surface area contributed by atoms with Crippen molar-refractivity contribution in [2.75, 3.05) is 140 Å². The number of rotatable bonds is 24. The normalized spacial score (nSPS) is 14.5. The topological polar surface area (TPSA) is 261 Å². The van der Waals surface area contributed by atoms with Gasteiger partial charge in [0, 0.05) is 87.6 Å². The van der Waals surface area contributed by atoms with Gasteiger partial charge in [0.1, 0.15) is 34.6 Å². The Morgan fingerprint density at radius 3 is 1.39 bits per heavy atom. The van der Waals surface area contributed by atoms with E-state index in [2.05, 4.69) is 55.5 Å². The van der Waals surface area contributed by atoms with Crippen LogP contribution >= 0.6 is 35.6 Å². The van der Waals surface area contributed by atoms with Crippen LogP contribution in [0.5, 0.6) is 23.0 Å². The van der Waals surface area contributed by atoms with Gasteiger partial charge in [0.05, 0.1) is 41.8 Å². The van der Waals surface area contributed by atoms with Gasteiger partial charge in [0.2, 0.25) is 11.2 Å². The van der Waals surface area contributed by atoms with E-state index >= 15 is 0 Å². The van der Waals surface area contributed by atoms with E-state index in [0.29, 0.717) is 18.3 Å². The number of aromatic nitrogens is 4. The number of nitro groups is 2. The average Bonchev–Trinajstić information content (AvgIpc) is 4.52. The molecule has 6 N–H and O–H groups in total. The smallest absolute Gasteiger partial charge is 0.273 e. The number of nitro benzene ring substituents is 2. The van der Waals surface area contributed by atoms with Crippen LogP contribution in [0.25, 0.3) is 0 Å². The van der Waals surface area contributed by atoms with E-state index in [1.807, 2.05) is 61.6 Å². The fourth-order valence-corrected chi connectivity index (χ4v) is 9.73. The van der Waals surface area contributed by atoms with Gasteiger partial charge in [-0.05, 0) is 196 Å². The fourth-order valence-electron chi connectivity index (χ4n) is 9.47. The highest BCUT2D eigenvalue weighted by Crippen LogP contribution is 2.23. The second kappa shape index (κ2) is 43.6. The van der Waals surface area contributed by atoms with Crippen LogP contribution in [-0.4, -0.2) is 173 Å². The van der Waals surface area contributed by atoms with Gasteiger partial charge in [0.15, 0.2) is 0 Å². The number of aromatic hydroxyl groups is 1. The second-order valence-corrected chi connectivity index (χ2v) is 21.3. The number of phenolic OH excluding ortho intramolecular Hbond substituents is 1. The molecular weight excluding hydrogens is 1180 g/mol. The summed E-state index contributed by atoms with van der Waals surface area (Å²) in [5, 5.41) is 38.7. The number of nitrogen functional groups attached to an aromatic ring is 1. The summed E-state index contributed by atoms with van der Waals surface area (Å²) >= 11 is 11.0. The zero-order valence-electron chi connectivity index (χ0n) is 50.4. The standard InChI is InChI=1S/C18H25N5O.C13H18N2O3.C13H20N2O.C7H14ClN.C6H5NO3.C5H6ClN3.ClH/c1-19-17-8-9-20-18(22-17)21-15-6-4-7-16(14-15)24-13-5-12-23-10-2-3-11-23;16-15(17)12-5-3-6-13(11-12)18-10-4-9-14-7-1-2-8-14;14-12-5-3-6-13(11-12)16-10-4-9-15-7-1-2-8-15;8-4-3-7-9-5-1-2-6-9;8-6-3-1-2-5(4-6)7(9)10;1-7-4-2-3-8-5(6)9-4;/h4,6-9,14H,2-3,5,10-13H2,1H3,(H2,19,20,21,22);3,5-6,11H,1-2,4,7-10H2;3,5-6,11H,1-2,4,7-10,14H2;1-7H2;1-4,8H;2-3H,1H3,(H,7,8,9);1H. The molecule has 0 bridgehead atoms. The van der Waals surface area contributed by atoms with Gasteiger partial charge in [-0.2, -0.15) is 4.98 Å². The van der Waals surface area contributed by atoms with Crippen molar-refractivity contribution in [1.29, 1.82) is 0 Å². The van der Waals surface area contributed by atoms with Gasteiger partial charge >= 0.3 is 0 Å². The summed E-state index contributed by atoms with van der Waals surface area (Å²) in [7, 11) is 3.61. The first-order valence-corrected chi connectivity index (χ1v) is 30.7. The minimum Gasteiger partial charge on any atom is -0.508 e. The van der Waals surface area contributed by atoms with E-state index in [9.17, 15) is 20.2 Å². The van der Waals surface area contributed by atoms with Crippen LogP contribution in [0.2, 0.25) is 5.28 Å². The van der Waals surface area contributed by atoms with E-state index in [1.54, 1.807) is 37.6 Å². The van der Waals surface area contributed by atoms with Crippen molar-refractivity contribution in [2.24, 2.45) is 0 Å². The molecule has 476 valence electrons. The van der Waals surface area contributed by atoms with Crippen LogP contribution < -0.4 is 35.9 Å². The number of phenols is 1. The number of ether oxygens (including phenoxy) is 3. The quantitative estimate of drug-likeness (QED) is 0.00942. The molecule has 10 rings (SSSR count). The van der Waals surface area contributed by atoms with Gasteiger partial charge in [-0.25, -0.2) is 15.0 Å². The molecule has 0 radical (unpaired) electrons. The van der Waals surface area contributed by atoms with E-state index in [4.69, 9.17) is 48.3 Å². The molecule has 22 nitrogen and oxygen atoms in total. The molecule has 0 spiro atoms. The van der Waals surface area contributed by atoms with Crippen LogP contribution in [0.15, 0.2) is 122 Å². The van der Waals surface area contributed by atoms with Gasteiger partial charge in [-0.3, -0.25) is 20.2 Å². The van der Waals surface area contributed by atoms with Crippen molar-refractivity contribution in [3.63, 3.8) is 0 Å². The summed E-state index contributed by atoms with van der Waals surface area (Å²) in [4.78, 5) is 45.7. The predicted octanol–water partition coefficient (Wildman–Crippen LogP) is 12.3. The van der Waals surface area contributed by atoms with E-state index in [0.717, 1.165) is 105 Å². The Hall–Kier alpha value is -7.05. The van der Waals surface area contributed by atoms with E-state index in [1.165, 1.54) is 141 Å². The van der Waals surface area contributed by atoms with Crippen molar-refractivity contribution < 1.29 is 29.2 Å². The maximum absolute atomic E-state index is 10.6. The molecule has 4 aromatic carbocycles. The fraction of sp³-hybridized carbons (Fsp3) is 0.484. The Morgan fingerprint density at radius 2 is 0.966 bits per heavy atom. The summed E-state index contributed by atoms with van der Waals surface area (Å²) < 4.78 is 17.0. The molecule has 6 aromatic rings. The molecule has 0 amide bonds. The summed E-state index contributed by atoms with van der Waals surface area (Å²) in [5.74, 6) is 5.12. The number of alkyl halides is 1. The third kappa shape index (κ3) is 31.4. The molecule has 87 heavy (non-hydrogen) atoms. The summed E-state index contributed by atoms with van der Waals surface area (Å²) in [5.41, 5.74) is 7.33. The maximum Gasteiger partial charge on any atom is 0.273 e. The minimum atomic E-state index is -0.556. The Kier molecular flexibility index (Phi) is 36.3. The third-order valence-corrected chi connectivity index (χ3v) is 14.3. The summed E-state index contributed by atoms with van der Waals surface area (Å²) in [6.45, 7) is 16.7. The lowest BCUT2D eigenvalue weighted by Crippen LogP contribution is -2.21. The number of halogens is 3. The molecule has 6 heterocycles. The minimum absolute atomic E-state index is 0. The van der Waals surface area contributed by atoms with Gasteiger partial charge in [0.25, 0.3) is 11.4 Å². The van der Waals surface area contributed by atoms with Crippen LogP contribution in [0.1, 0.15) is 77.0 Å². The molecule has 0 saturated carbocycles. The third-order valence-electron chi connectivity index (χ3n) is 13.9. The van der Waals surface area contributed by atoms with Gasteiger partial charge < -0.3 is 60.6 Å². The van der Waals surface area contributed by atoms with Crippen LogP contribution in [0.4, 0.5) is 40.3 Å². The number of likely N-dealkylation sites (tertiary alicyclic amines) is 4. The van der Waals surface area contributed by atoms with Gasteiger partial charge in [-0.1, -0.05) is 24.3 Å². The second-order valence-electron chi connectivity index (χ2n) is 20.6. The number of anilines is 5. The lowest BCUT2D eigenvalue weighted by Gasteiger charge is -2.14. The van der Waals surface area contributed by atoms with Crippen LogP contribution in [0.3, 0.4) is 0 Å². The largest absolute Gasteiger partial charge is 0.508 e. The molecule has 2 aromatic heterocycles. The van der Waals surface area contributed by atoms with Crippen LogP contribution in [0, 0.1) is 20.2 Å². The number of hydrogen-bond donors (Lipinski definition) is 5. The molecular formula is C62H89Cl3N14O8. The Morgan fingerprint density at radius 1 is 0.552 bits per heavy atom. The SMILES string of the molecule is CNc1ccnc(Cl)n1.CNc1ccnc(Nc2cccc(OCCCN3CCCC3)c2)n1.Cl.ClCCCN1CCCC1.Nc1cccc(OCCCN2CCCC2)c1.O=[N+]([O-])c1cccc(O)c1.O=[N+]([O-])c1cccc(OCCCN2CCCC2)c1. The molecule has 4 aliphatic rings. The first-order valence-electron chi connectivity index (χ1n) is 29.8. The monoisotopic (exact) mass is 1260 g/mol. The Labute approximate surface area is 529 Å². The van der Waals surface area contributed by atoms with Crippen molar-refractivity contribution >= 4 is 75.9 Å². The number of benzene rings is 4. The summed E-state index contributed by atoms with van der Waals surface area (Å²) in [6, 6.07) is 30.6. The van der Waals surface area contributed by atoms with Crippen molar-refractivity contribution in [1.82, 2.24) is 39.5 Å². The van der Waals surface area contributed by atoms with Crippen molar-refractivity contribution in [2.45, 2.75) is 77.0 Å². The zero-order chi connectivity index (χ0) is 61.4. The molecule has 0 atom stereocenters. The first kappa shape index (κ1) is 72.4. The van der Waals surface area contributed by atoms with Gasteiger partial charge in [-0.15, -0.1) is 24.0 Å². The van der Waals surface area contributed by atoms with Crippen molar-refractivity contribution in [3.8, 4) is 23.0 Å². The number of non-ortho nitro benzene ring substituents is 2. The molecule has 4 saturated heterocycles. The highest BCUT2D eigenvalue weighted by molar-refractivity contribution is 6.28. The number of hydrogen-bond acceptors (Lipinski definition) is 20. The lowest BCUT2D eigenvalue weighted by atomic mass is 10.3. The Bertz CT molecular complexity index is 2830. The molecule has 0 aliphatic carbocycles. The van der Waals surface area contributed by atoms with E-state index in [-0.39, 0.29) is 34.8 Å². The number of nitrogens with two attached hydrogens (primary N) is 1. The molecule has 25 heteroatoms. The Balaban J connectivity index is 0.000000232. The molecule has 0 unspecified atom stereocenters. The average molecular weight is 1260 g/mol. The highest BCUT2D eigenvalue weighted by atomic mass is 35.5. The molecule has 4 fully saturated rings. The highest BCUT2D eigenvalue weighted by Gasteiger charge is 2.14. The van der Waals surface area contributed by atoms with Crippen molar-refractivity contribution in [3.05, 3.63) is 147 Å². The lowest BCUT2D eigenvalue weighted by molar-refractivity contribution is -0.385. The summed E-state index contributed by atoms with van der Waals surface area (Å²) in [6.07, 6.45) is 18.4. The predicted molar refractivity (Wildman–Crippen MR) is 352 cm³/mol. The zero-order valence-corrected chi connectivity index (χ0v) is 52.7. The van der Waals surface area contributed by atoms with Crippen LogP contribution in [-0.2, 0) is 0 Å².